The summed E-state index contributed by atoms with van der Waals surface area (Å²) in [5.41, 5.74) is 6.68. The zero-order valence-electron chi connectivity index (χ0n) is 9.79. The quantitative estimate of drug-likeness (QED) is 0.844. The number of benzene rings is 1. The van der Waals surface area contributed by atoms with Gasteiger partial charge in [0, 0.05) is 24.6 Å². The van der Waals surface area contributed by atoms with Gasteiger partial charge in [0.1, 0.15) is 29.0 Å². The van der Waals surface area contributed by atoms with Crippen LogP contribution in [0.25, 0.3) is 11.3 Å². The average molecular weight is 249 g/mol. The number of rotatable bonds is 1. The van der Waals surface area contributed by atoms with Gasteiger partial charge in [-0.2, -0.15) is 0 Å². The summed E-state index contributed by atoms with van der Waals surface area (Å²) in [6.07, 6.45) is 2.98. The number of imidazole rings is 1. The number of hydrogen-bond donors (Lipinski definition) is 1. The van der Waals surface area contributed by atoms with Crippen molar-refractivity contribution in [1.82, 2.24) is 9.55 Å². The van der Waals surface area contributed by atoms with Gasteiger partial charge in [-0.15, -0.1) is 0 Å². The van der Waals surface area contributed by atoms with Gasteiger partial charge in [0.15, 0.2) is 0 Å². The van der Waals surface area contributed by atoms with Gasteiger partial charge in [0.2, 0.25) is 0 Å². The Labute approximate surface area is 103 Å². The predicted octanol–water partition coefficient (Wildman–Crippen LogP) is 2.75. The standard InChI is InChI=1S/C13H13F2N3/c14-8-4-5-9(10(15)7-8)12-13(16)18-6-2-1-3-11(18)17-12/h4-5,7H,1-3,6,16H2. The summed E-state index contributed by atoms with van der Waals surface area (Å²) in [4.78, 5) is 4.39. The first-order valence-electron chi connectivity index (χ1n) is 5.97. The molecule has 2 N–H and O–H groups in total. The molecule has 2 heterocycles. The minimum absolute atomic E-state index is 0.260. The Balaban J connectivity index is 2.14. The number of hydrogen-bond acceptors (Lipinski definition) is 2. The molecule has 3 rings (SSSR count). The molecule has 94 valence electrons. The Morgan fingerprint density at radius 2 is 2.06 bits per heavy atom. The third-order valence-corrected chi connectivity index (χ3v) is 3.30. The summed E-state index contributed by atoms with van der Waals surface area (Å²) in [5, 5.41) is 0. The molecule has 0 amide bonds. The largest absolute Gasteiger partial charge is 0.383 e. The lowest BCUT2D eigenvalue weighted by Gasteiger charge is -2.14. The molecule has 0 spiro atoms. The first kappa shape index (κ1) is 11.2. The van der Waals surface area contributed by atoms with Crippen molar-refractivity contribution in [3.63, 3.8) is 0 Å². The summed E-state index contributed by atoms with van der Waals surface area (Å²) < 4.78 is 28.5. The molecule has 2 aromatic rings. The zero-order chi connectivity index (χ0) is 12.7. The first-order valence-corrected chi connectivity index (χ1v) is 5.97. The molecule has 0 aliphatic carbocycles. The van der Waals surface area contributed by atoms with Crippen LogP contribution >= 0.6 is 0 Å². The molecule has 0 unspecified atom stereocenters. The topological polar surface area (TPSA) is 43.8 Å². The highest BCUT2D eigenvalue weighted by Gasteiger charge is 2.20. The second kappa shape index (κ2) is 4.08. The van der Waals surface area contributed by atoms with E-state index < -0.39 is 11.6 Å². The Hall–Kier alpha value is -1.91. The van der Waals surface area contributed by atoms with Crippen molar-refractivity contribution in [3.8, 4) is 11.3 Å². The molecule has 0 bridgehead atoms. The van der Waals surface area contributed by atoms with Gasteiger partial charge >= 0.3 is 0 Å². The van der Waals surface area contributed by atoms with Crippen molar-refractivity contribution in [2.24, 2.45) is 0 Å². The predicted molar refractivity (Wildman–Crippen MR) is 64.9 cm³/mol. The molecule has 0 fully saturated rings. The van der Waals surface area contributed by atoms with Crippen LogP contribution in [0.2, 0.25) is 0 Å². The van der Waals surface area contributed by atoms with Crippen LogP contribution in [-0.4, -0.2) is 9.55 Å². The highest BCUT2D eigenvalue weighted by molar-refractivity contribution is 5.71. The molecule has 0 radical (unpaired) electrons. The van der Waals surface area contributed by atoms with Crippen molar-refractivity contribution in [3.05, 3.63) is 35.7 Å². The molecule has 1 aromatic heterocycles. The van der Waals surface area contributed by atoms with Crippen molar-refractivity contribution in [2.75, 3.05) is 5.73 Å². The van der Waals surface area contributed by atoms with Crippen molar-refractivity contribution < 1.29 is 8.78 Å². The number of anilines is 1. The number of halogens is 2. The number of fused-ring (bicyclic) bond motifs is 1. The van der Waals surface area contributed by atoms with Gasteiger partial charge in [-0.25, -0.2) is 13.8 Å². The van der Waals surface area contributed by atoms with Gasteiger partial charge in [0.25, 0.3) is 0 Å². The van der Waals surface area contributed by atoms with Crippen molar-refractivity contribution in [2.45, 2.75) is 25.8 Å². The maximum Gasteiger partial charge on any atom is 0.135 e. The van der Waals surface area contributed by atoms with Crippen LogP contribution in [0.1, 0.15) is 18.7 Å². The smallest absolute Gasteiger partial charge is 0.135 e. The number of nitrogen functional groups attached to an aromatic ring is 1. The van der Waals surface area contributed by atoms with Crippen LogP contribution < -0.4 is 5.73 Å². The maximum absolute atomic E-state index is 13.7. The number of nitrogens with zero attached hydrogens (tertiary/aromatic N) is 2. The van der Waals surface area contributed by atoms with Crippen LogP contribution in [0, 0.1) is 11.6 Å². The Bertz CT molecular complexity index is 605. The number of nitrogens with two attached hydrogens (primary N) is 1. The molecule has 18 heavy (non-hydrogen) atoms. The second-order valence-electron chi connectivity index (χ2n) is 4.49. The minimum atomic E-state index is -0.628. The summed E-state index contributed by atoms with van der Waals surface area (Å²) >= 11 is 0. The summed E-state index contributed by atoms with van der Waals surface area (Å²) in [6.45, 7) is 0.816. The van der Waals surface area contributed by atoms with E-state index in [1.165, 1.54) is 12.1 Å². The van der Waals surface area contributed by atoms with Crippen LogP contribution in [0.4, 0.5) is 14.6 Å². The normalized spacial score (nSPS) is 14.6. The van der Waals surface area contributed by atoms with E-state index >= 15 is 0 Å². The van der Waals surface area contributed by atoms with Gasteiger partial charge in [-0.05, 0) is 25.0 Å². The molecule has 0 saturated carbocycles. The highest BCUT2D eigenvalue weighted by Crippen LogP contribution is 2.31. The third-order valence-electron chi connectivity index (χ3n) is 3.30. The van der Waals surface area contributed by atoms with Gasteiger partial charge in [-0.1, -0.05) is 0 Å². The van der Waals surface area contributed by atoms with Crippen LogP contribution in [-0.2, 0) is 13.0 Å². The molecule has 3 nitrogen and oxygen atoms in total. The van der Waals surface area contributed by atoms with E-state index in [1.807, 2.05) is 4.57 Å². The molecule has 1 aliphatic heterocycles. The van der Waals surface area contributed by atoms with E-state index in [0.29, 0.717) is 11.5 Å². The number of aromatic nitrogens is 2. The summed E-state index contributed by atoms with van der Waals surface area (Å²) in [5.74, 6) is 0.128. The zero-order valence-corrected chi connectivity index (χ0v) is 9.79. The Morgan fingerprint density at radius 3 is 2.78 bits per heavy atom. The third kappa shape index (κ3) is 1.66. The molecule has 0 saturated heterocycles. The van der Waals surface area contributed by atoms with Gasteiger partial charge < -0.3 is 10.3 Å². The second-order valence-corrected chi connectivity index (χ2v) is 4.49. The van der Waals surface area contributed by atoms with Crippen molar-refractivity contribution >= 4 is 5.82 Å². The van der Waals surface area contributed by atoms with E-state index in [4.69, 9.17) is 5.73 Å². The fourth-order valence-corrected chi connectivity index (χ4v) is 2.39. The Morgan fingerprint density at radius 1 is 1.22 bits per heavy atom. The SMILES string of the molecule is Nc1c(-c2ccc(F)cc2F)nc2n1CCCC2. The fraction of sp³-hybridized carbons (Fsp3) is 0.308. The van der Waals surface area contributed by atoms with E-state index in [-0.39, 0.29) is 5.56 Å². The molecular formula is C13H13F2N3. The molecule has 1 aromatic carbocycles. The van der Waals surface area contributed by atoms with E-state index in [1.54, 1.807) is 0 Å². The highest BCUT2D eigenvalue weighted by atomic mass is 19.1. The van der Waals surface area contributed by atoms with Crippen LogP contribution in [0.3, 0.4) is 0 Å². The van der Waals surface area contributed by atoms with Crippen LogP contribution in [0.5, 0.6) is 0 Å². The summed E-state index contributed by atoms with van der Waals surface area (Å²) in [6, 6.07) is 3.46. The lowest BCUT2D eigenvalue weighted by Crippen LogP contribution is -2.12. The van der Waals surface area contributed by atoms with E-state index in [0.717, 1.165) is 37.7 Å². The lowest BCUT2D eigenvalue weighted by molar-refractivity contribution is 0.527. The first-order chi connectivity index (χ1) is 8.66. The van der Waals surface area contributed by atoms with Crippen molar-refractivity contribution in [1.29, 1.82) is 0 Å². The monoisotopic (exact) mass is 249 g/mol. The molecule has 5 heteroatoms. The maximum atomic E-state index is 13.7. The molecule has 1 aliphatic rings. The Kier molecular flexibility index (Phi) is 2.54. The van der Waals surface area contributed by atoms with E-state index in [2.05, 4.69) is 4.98 Å². The fourth-order valence-electron chi connectivity index (χ4n) is 2.39. The number of aryl methyl sites for hydroxylation is 1. The minimum Gasteiger partial charge on any atom is -0.383 e. The van der Waals surface area contributed by atoms with E-state index in [9.17, 15) is 8.78 Å². The van der Waals surface area contributed by atoms with Gasteiger partial charge in [-0.3, -0.25) is 0 Å². The molecular weight excluding hydrogens is 236 g/mol. The van der Waals surface area contributed by atoms with Gasteiger partial charge in [0.05, 0.1) is 0 Å². The molecule has 0 atom stereocenters. The average Bonchev–Trinajstić information content (AvgIpc) is 2.68. The summed E-state index contributed by atoms with van der Waals surface area (Å²) in [7, 11) is 0. The van der Waals surface area contributed by atoms with Crippen LogP contribution in [0.15, 0.2) is 18.2 Å². The lowest BCUT2D eigenvalue weighted by atomic mass is 10.1.